The van der Waals surface area contributed by atoms with Crippen LogP contribution in [0.25, 0.3) is 0 Å². The SMILES string of the molecule is CCC(=O)CCCCC[C@H](NC(=O)C1CNC1)c1nc(Br)cn1COCC[Si](C)(C)C. The van der Waals surface area contributed by atoms with E-state index < -0.39 is 8.07 Å². The summed E-state index contributed by atoms with van der Waals surface area (Å²) in [6, 6.07) is 0.950. The zero-order valence-electron chi connectivity index (χ0n) is 19.5. The van der Waals surface area contributed by atoms with Gasteiger partial charge in [0.05, 0.1) is 12.0 Å². The Morgan fingerprint density at radius 2 is 2.06 bits per heavy atom. The molecular weight excluding hydrogens is 476 g/mol. The van der Waals surface area contributed by atoms with E-state index >= 15 is 0 Å². The van der Waals surface area contributed by atoms with Gasteiger partial charge in [0.2, 0.25) is 5.91 Å². The third kappa shape index (κ3) is 9.55. The van der Waals surface area contributed by atoms with Crippen LogP contribution in [0.3, 0.4) is 0 Å². The van der Waals surface area contributed by atoms with Crippen LogP contribution in [-0.2, 0) is 21.1 Å². The Morgan fingerprint density at radius 1 is 1.32 bits per heavy atom. The first-order chi connectivity index (χ1) is 14.7. The fourth-order valence-electron chi connectivity index (χ4n) is 3.37. The lowest BCUT2D eigenvalue weighted by Gasteiger charge is -2.28. The molecule has 1 fully saturated rings. The fourth-order valence-corrected chi connectivity index (χ4v) is 4.56. The molecule has 1 aromatic heterocycles. The second-order valence-electron chi connectivity index (χ2n) is 9.65. The summed E-state index contributed by atoms with van der Waals surface area (Å²) in [5.74, 6) is 1.25. The Labute approximate surface area is 196 Å². The zero-order valence-corrected chi connectivity index (χ0v) is 22.1. The summed E-state index contributed by atoms with van der Waals surface area (Å²) >= 11 is 3.49. The van der Waals surface area contributed by atoms with Crippen LogP contribution in [0.5, 0.6) is 0 Å². The van der Waals surface area contributed by atoms with Gasteiger partial charge in [0, 0.05) is 46.8 Å². The number of amides is 1. The van der Waals surface area contributed by atoms with Crippen LogP contribution in [0.4, 0.5) is 0 Å². The monoisotopic (exact) mass is 514 g/mol. The smallest absolute Gasteiger partial charge is 0.226 e. The molecule has 176 valence electrons. The number of ketones is 1. The van der Waals surface area contributed by atoms with Crippen molar-refractivity contribution in [1.82, 2.24) is 20.2 Å². The third-order valence-corrected chi connectivity index (χ3v) is 7.71. The molecular formula is C22H39BrN4O3Si. The Hall–Kier alpha value is -1.03. The molecule has 9 heteroatoms. The molecule has 0 bridgehead atoms. The number of nitrogens with zero attached hydrogens (tertiary/aromatic N) is 2. The van der Waals surface area contributed by atoms with E-state index in [-0.39, 0.29) is 17.9 Å². The summed E-state index contributed by atoms with van der Waals surface area (Å²) in [5.41, 5.74) is 0. The van der Waals surface area contributed by atoms with Crippen LogP contribution in [0.2, 0.25) is 25.7 Å². The second kappa shape index (κ2) is 12.9. The predicted octanol–water partition coefficient (Wildman–Crippen LogP) is 4.26. The van der Waals surface area contributed by atoms with Gasteiger partial charge >= 0.3 is 0 Å². The topological polar surface area (TPSA) is 85.3 Å². The number of nitrogens with one attached hydrogen (secondary N) is 2. The molecule has 31 heavy (non-hydrogen) atoms. The van der Waals surface area contributed by atoms with E-state index in [9.17, 15) is 9.59 Å². The first-order valence-corrected chi connectivity index (χ1v) is 16.0. The Bertz CT molecular complexity index is 716. The van der Waals surface area contributed by atoms with Crippen molar-refractivity contribution in [3.8, 4) is 0 Å². The van der Waals surface area contributed by atoms with Crippen LogP contribution in [-0.4, -0.2) is 49.0 Å². The lowest BCUT2D eigenvalue weighted by molar-refractivity contribution is -0.127. The van der Waals surface area contributed by atoms with E-state index in [1.54, 1.807) is 0 Å². The second-order valence-corrected chi connectivity index (χ2v) is 16.1. The van der Waals surface area contributed by atoms with E-state index in [0.29, 0.717) is 25.4 Å². The number of unbranched alkanes of at least 4 members (excludes halogenated alkanes) is 2. The largest absolute Gasteiger partial charge is 0.361 e. The quantitative estimate of drug-likeness (QED) is 0.269. The average molecular weight is 516 g/mol. The molecule has 1 aromatic rings. The molecule has 2 N–H and O–H groups in total. The van der Waals surface area contributed by atoms with E-state index in [0.717, 1.165) is 61.9 Å². The lowest BCUT2D eigenvalue weighted by Crippen LogP contribution is -2.51. The number of carbonyl (C=O) groups excluding carboxylic acids is 2. The molecule has 0 spiro atoms. The Balaban J connectivity index is 1.98. The molecule has 1 amide bonds. The first kappa shape index (κ1) is 26.2. The summed E-state index contributed by atoms with van der Waals surface area (Å²) in [6.45, 7) is 11.6. The van der Waals surface area contributed by atoms with Crippen molar-refractivity contribution in [3.63, 3.8) is 0 Å². The highest BCUT2D eigenvalue weighted by molar-refractivity contribution is 9.10. The summed E-state index contributed by atoms with van der Waals surface area (Å²) in [6.07, 6.45) is 6.78. The van der Waals surface area contributed by atoms with Gasteiger partial charge in [0.15, 0.2) is 0 Å². The van der Waals surface area contributed by atoms with Gasteiger partial charge in [-0.15, -0.1) is 0 Å². The minimum absolute atomic E-state index is 0.0320. The maximum absolute atomic E-state index is 12.6. The molecule has 2 rings (SSSR count). The van der Waals surface area contributed by atoms with E-state index in [2.05, 4.69) is 51.2 Å². The minimum atomic E-state index is -1.14. The van der Waals surface area contributed by atoms with Gasteiger partial charge in [-0.2, -0.15) is 0 Å². The maximum Gasteiger partial charge on any atom is 0.226 e. The number of Topliss-reactive ketones (excluding diaryl/α,β-unsaturated/α-hetero) is 1. The number of rotatable bonds is 15. The number of ether oxygens (including phenoxy) is 1. The van der Waals surface area contributed by atoms with E-state index in [4.69, 9.17) is 4.74 Å². The molecule has 0 saturated carbocycles. The summed E-state index contributed by atoms with van der Waals surface area (Å²) in [7, 11) is -1.14. The van der Waals surface area contributed by atoms with E-state index in [1.807, 2.05) is 17.7 Å². The van der Waals surface area contributed by atoms with Crippen molar-refractivity contribution in [3.05, 3.63) is 16.6 Å². The van der Waals surface area contributed by atoms with Crippen molar-refractivity contribution in [1.29, 1.82) is 0 Å². The van der Waals surface area contributed by atoms with Gasteiger partial charge in [-0.3, -0.25) is 9.59 Å². The lowest BCUT2D eigenvalue weighted by atomic mass is 10.0. The molecule has 7 nitrogen and oxygen atoms in total. The fraction of sp³-hybridized carbons (Fsp3) is 0.773. The Morgan fingerprint density at radius 3 is 2.68 bits per heavy atom. The Kier molecular flexibility index (Phi) is 10.9. The number of hydrogen-bond acceptors (Lipinski definition) is 5. The molecule has 1 saturated heterocycles. The number of hydrogen-bond donors (Lipinski definition) is 2. The molecule has 1 aliphatic rings. The highest BCUT2D eigenvalue weighted by Gasteiger charge is 2.28. The number of halogens is 1. The van der Waals surface area contributed by atoms with Crippen LogP contribution < -0.4 is 10.6 Å². The highest BCUT2D eigenvalue weighted by Crippen LogP contribution is 2.23. The first-order valence-electron chi connectivity index (χ1n) is 11.5. The molecule has 1 atom stereocenters. The number of aromatic nitrogens is 2. The van der Waals surface area contributed by atoms with Crippen molar-refractivity contribution in [2.45, 2.75) is 83.9 Å². The van der Waals surface area contributed by atoms with Crippen molar-refractivity contribution < 1.29 is 14.3 Å². The number of imidazole rings is 1. The van der Waals surface area contributed by atoms with Gasteiger partial charge in [0.25, 0.3) is 0 Å². The third-order valence-electron chi connectivity index (χ3n) is 5.63. The molecule has 2 heterocycles. The molecule has 1 aliphatic heterocycles. The van der Waals surface area contributed by atoms with Gasteiger partial charge < -0.3 is 19.9 Å². The number of carbonyl (C=O) groups is 2. The van der Waals surface area contributed by atoms with Crippen LogP contribution in [0.1, 0.15) is 57.3 Å². The minimum Gasteiger partial charge on any atom is -0.361 e. The van der Waals surface area contributed by atoms with Crippen LogP contribution >= 0.6 is 15.9 Å². The van der Waals surface area contributed by atoms with Gasteiger partial charge in [0.1, 0.15) is 22.9 Å². The van der Waals surface area contributed by atoms with Crippen molar-refractivity contribution in [2.75, 3.05) is 19.7 Å². The predicted molar refractivity (Wildman–Crippen MR) is 130 cm³/mol. The van der Waals surface area contributed by atoms with Gasteiger partial charge in [-0.25, -0.2) is 4.98 Å². The average Bonchev–Trinajstić information content (AvgIpc) is 3.02. The summed E-state index contributed by atoms with van der Waals surface area (Å²) < 4.78 is 8.69. The summed E-state index contributed by atoms with van der Waals surface area (Å²) in [4.78, 5) is 28.8. The van der Waals surface area contributed by atoms with Gasteiger partial charge in [-0.05, 0) is 34.8 Å². The van der Waals surface area contributed by atoms with Crippen LogP contribution in [0, 0.1) is 5.92 Å². The van der Waals surface area contributed by atoms with E-state index in [1.165, 1.54) is 0 Å². The maximum atomic E-state index is 12.6. The zero-order chi connectivity index (χ0) is 22.9. The normalized spacial score (nSPS) is 15.5. The molecule has 0 aliphatic carbocycles. The van der Waals surface area contributed by atoms with Gasteiger partial charge in [-0.1, -0.05) is 39.4 Å². The molecule has 0 unspecified atom stereocenters. The molecule has 0 radical (unpaired) electrons. The summed E-state index contributed by atoms with van der Waals surface area (Å²) in [5, 5.41) is 6.37. The molecule has 0 aromatic carbocycles. The van der Waals surface area contributed by atoms with Crippen molar-refractivity contribution in [2.24, 2.45) is 5.92 Å². The van der Waals surface area contributed by atoms with Crippen molar-refractivity contribution >= 4 is 35.7 Å². The standard InChI is InChI=1S/C22H39BrN4O3Si/c1-5-18(28)9-7-6-8-10-19(25-22(29)17-13-24-14-17)21-26-20(23)15-27(21)16-30-11-12-31(2,3)4/h15,17,19,24H,5-14,16H2,1-4H3,(H,25,29)/t19-/m0/s1. The highest BCUT2D eigenvalue weighted by atomic mass is 79.9. The van der Waals surface area contributed by atoms with Crippen LogP contribution in [0.15, 0.2) is 10.8 Å².